The van der Waals surface area contributed by atoms with Gasteiger partial charge in [-0.2, -0.15) is 8.78 Å². The molecule has 0 saturated heterocycles. The summed E-state index contributed by atoms with van der Waals surface area (Å²) < 4.78 is 59.6. The van der Waals surface area contributed by atoms with Crippen LogP contribution in [0.3, 0.4) is 0 Å². The lowest BCUT2D eigenvalue weighted by Gasteiger charge is -2.20. The number of carbonyl (C=O) groups excluding carboxylic acids is 1. The van der Waals surface area contributed by atoms with Crippen LogP contribution in [0.4, 0.5) is 8.78 Å². The van der Waals surface area contributed by atoms with Crippen molar-refractivity contribution in [3.63, 3.8) is 0 Å². The van der Waals surface area contributed by atoms with E-state index < -0.39 is 27.4 Å². The van der Waals surface area contributed by atoms with Gasteiger partial charge < -0.3 is 9.29 Å². The third-order valence-electron chi connectivity index (χ3n) is 5.06. The summed E-state index contributed by atoms with van der Waals surface area (Å²) in [6.07, 6.45) is 1.59. The monoisotopic (exact) mass is 506 g/mol. The smallest absolute Gasteiger partial charge is 0.428 e. The summed E-state index contributed by atoms with van der Waals surface area (Å²) >= 11 is 0. The number of halogens is 2. The van der Waals surface area contributed by atoms with E-state index in [0.29, 0.717) is 12.8 Å². The Labute approximate surface area is 200 Å². The van der Waals surface area contributed by atoms with Gasteiger partial charge in [-0.15, -0.1) is 0 Å². The Balaban J connectivity index is 0.000000197. The van der Waals surface area contributed by atoms with Crippen LogP contribution in [0.5, 0.6) is 0 Å². The standard InChI is InChI=1S/C18H15S.C7H10F2O5S/c1-4-10-16(11-5-1)19(17-12-6-2-7-13-17)18-14-8-3-9-15-18;8-7(9,15(11,12)13)6(10)14-5-3-1-2-4-5/h1-15H;5H,1-4H2,(H,11,12,13)/q+1;/p-1. The van der Waals surface area contributed by atoms with Crippen LogP contribution in [0.25, 0.3) is 0 Å². The molecular formula is C25H24F2O5S2. The minimum atomic E-state index is -6.00. The van der Waals surface area contributed by atoms with Gasteiger partial charge in [0, 0.05) is 0 Å². The van der Waals surface area contributed by atoms with Crippen molar-refractivity contribution in [2.75, 3.05) is 0 Å². The molecule has 34 heavy (non-hydrogen) atoms. The molecule has 5 nitrogen and oxygen atoms in total. The average molecular weight is 507 g/mol. The Hall–Kier alpha value is -2.75. The zero-order valence-electron chi connectivity index (χ0n) is 18.2. The lowest BCUT2D eigenvalue weighted by atomic mass is 10.3. The van der Waals surface area contributed by atoms with Crippen LogP contribution < -0.4 is 0 Å². The zero-order chi connectivity index (χ0) is 24.6. The first-order valence-electron chi connectivity index (χ1n) is 10.6. The molecule has 3 aromatic carbocycles. The highest BCUT2D eigenvalue weighted by atomic mass is 32.2. The van der Waals surface area contributed by atoms with E-state index in [1.807, 2.05) is 0 Å². The Morgan fingerprint density at radius 2 is 1.15 bits per heavy atom. The Kier molecular flexibility index (Phi) is 8.82. The normalized spacial score (nSPS) is 14.4. The third kappa shape index (κ3) is 6.65. The second-order valence-electron chi connectivity index (χ2n) is 7.53. The number of alkyl halides is 2. The average Bonchev–Trinajstić information content (AvgIpc) is 3.34. The molecule has 1 aliphatic rings. The minimum Gasteiger partial charge on any atom is -0.743 e. The highest BCUT2D eigenvalue weighted by molar-refractivity contribution is 7.97. The molecule has 0 atom stereocenters. The van der Waals surface area contributed by atoms with Gasteiger partial charge in [0.2, 0.25) is 0 Å². The molecule has 0 N–H and O–H groups in total. The number of benzene rings is 3. The van der Waals surface area contributed by atoms with Gasteiger partial charge in [-0.05, 0) is 62.1 Å². The van der Waals surface area contributed by atoms with Crippen LogP contribution in [0.2, 0.25) is 0 Å². The summed E-state index contributed by atoms with van der Waals surface area (Å²) in [7, 11) is -6.02. The lowest BCUT2D eigenvalue weighted by molar-refractivity contribution is -0.166. The maximum Gasteiger partial charge on any atom is 0.428 e. The molecule has 0 spiro atoms. The predicted molar refractivity (Wildman–Crippen MR) is 124 cm³/mol. The number of hydrogen-bond acceptors (Lipinski definition) is 5. The van der Waals surface area contributed by atoms with Crippen molar-refractivity contribution in [1.82, 2.24) is 0 Å². The summed E-state index contributed by atoms with van der Waals surface area (Å²) in [6.45, 7) is 0. The fraction of sp³-hybridized carbons (Fsp3) is 0.240. The van der Waals surface area contributed by atoms with Crippen LogP contribution in [-0.2, 0) is 30.5 Å². The number of hydrogen-bond donors (Lipinski definition) is 0. The molecule has 0 aliphatic heterocycles. The molecule has 1 saturated carbocycles. The predicted octanol–water partition coefficient (Wildman–Crippen LogP) is 5.39. The van der Waals surface area contributed by atoms with Crippen molar-refractivity contribution in [3.05, 3.63) is 91.0 Å². The molecule has 4 rings (SSSR count). The molecule has 0 amide bonds. The molecule has 0 aromatic heterocycles. The second-order valence-corrected chi connectivity index (χ2v) is 11.0. The molecule has 180 valence electrons. The third-order valence-corrected chi connectivity index (χ3v) is 8.09. The number of carbonyl (C=O) groups is 1. The van der Waals surface area contributed by atoms with Crippen molar-refractivity contribution < 1.29 is 31.3 Å². The van der Waals surface area contributed by atoms with Gasteiger partial charge in [0.25, 0.3) is 0 Å². The maximum absolute atomic E-state index is 12.6. The molecule has 9 heteroatoms. The largest absolute Gasteiger partial charge is 0.743 e. The van der Waals surface area contributed by atoms with Gasteiger partial charge in [0.1, 0.15) is 6.10 Å². The first kappa shape index (κ1) is 25.9. The van der Waals surface area contributed by atoms with E-state index >= 15 is 0 Å². The molecule has 0 radical (unpaired) electrons. The van der Waals surface area contributed by atoms with E-state index in [2.05, 4.69) is 95.7 Å². The van der Waals surface area contributed by atoms with Crippen molar-refractivity contribution in [3.8, 4) is 0 Å². The minimum absolute atomic E-state index is 0.0146. The second kappa shape index (κ2) is 11.6. The van der Waals surface area contributed by atoms with Gasteiger partial charge in [-0.1, -0.05) is 54.6 Å². The van der Waals surface area contributed by atoms with Crippen molar-refractivity contribution in [2.24, 2.45) is 0 Å². The topological polar surface area (TPSA) is 83.5 Å². The summed E-state index contributed by atoms with van der Waals surface area (Å²) in [5.74, 6) is -2.27. The van der Waals surface area contributed by atoms with Crippen LogP contribution in [0.15, 0.2) is 106 Å². The van der Waals surface area contributed by atoms with Crippen molar-refractivity contribution in [1.29, 1.82) is 0 Å². The van der Waals surface area contributed by atoms with E-state index in [0.717, 1.165) is 12.8 Å². The first-order chi connectivity index (χ1) is 16.2. The molecule has 0 heterocycles. The van der Waals surface area contributed by atoms with Gasteiger partial charge in [0.05, 0.1) is 10.9 Å². The highest BCUT2D eigenvalue weighted by Gasteiger charge is 2.49. The van der Waals surface area contributed by atoms with Crippen LogP contribution >= 0.6 is 0 Å². The fourth-order valence-electron chi connectivity index (χ4n) is 3.41. The maximum atomic E-state index is 12.6. The molecule has 1 fully saturated rings. The van der Waals surface area contributed by atoms with E-state index in [1.165, 1.54) is 14.7 Å². The van der Waals surface area contributed by atoms with Crippen LogP contribution in [-0.4, -0.2) is 30.3 Å². The van der Waals surface area contributed by atoms with E-state index in [4.69, 9.17) is 0 Å². The molecule has 3 aromatic rings. The Morgan fingerprint density at radius 3 is 1.47 bits per heavy atom. The number of rotatable bonds is 6. The zero-order valence-corrected chi connectivity index (χ0v) is 19.8. The lowest BCUT2D eigenvalue weighted by Crippen LogP contribution is -2.40. The fourth-order valence-corrected chi connectivity index (χ4v) is 5.76. The van der Waals surface area contributed by atoms with Crippen molar-refractivity contribution in [2.45, 2.75) is 51.7 Å². The summed E-state index contributed by atoms with van der Waals surface area (Å²) in [6, 6.07) is 32.2. The van der Waals surface area contributed by atoms with E-state index in [-0.39, 0.29) is 10.9 Å². The molecule has 0 bridgehead atoms. The van der Waals surface area contributed by atoms with Crippen LogP contribution in [0, 0.1) is 0 Å². The first-order valence-corrected chi connectivity index (χ1v) is 13.3. The molecule has 0 unspecified atom stereocenters. The van der Waals surface area contributed by atoms with Gasteiger partial charge in [0.15, 0.2) is 24.8 Å². The van der Waals surface area contributed by atoms with Crippen molar-refractivity contribution >= 4 is 27.0 Å². The quantitative estimate of drug-likeness (QED) is 0.254. The molecule has 1 aliphatic carbocycles. The summed E-state index contributed by atoms with van der Waals surface area (Å²) in [4.78, 5) is 14.8. The number of esters is 1. The Bertz CT molecular complexity index is 1060. The van der Waals surface area contributed by atoms with Gasteiger partial charge >= 0.3 is 11.2 Å². The SMILES string of the molecule is O=C(OC1CCCC1)C(F)(F)S(=O)(=O)[O-].c1ccc([S+](c2ccccc2)c2ccccc2)cc1. The highest BCUT2D eigenvalue weighted by Crippen LogP contribution is 2.30. The summed E-state index contributed by atoms with van der Waals surface area (Å²) in [5.41, 5.74) is 0. The van der Waals surface area contributed by atoms with Gasteiger partial charge in [-0.25, -0.2) is 13.2 Å². The summed E-state index contributed by atoms with van der Waals surface area (Å²) in [5, 5.41) is -4.99. The molecular weight excluding hydrogens is 482 g/mol. The Morgan fingerprint density at radius 1 is 0.794 bits per heavy atom. The van der Waals surface area contributed by atoms with E-state index in [9.17, 15) is 26.5 Å². The number of ether oxygens (including phenoxy) is 1. The van der Waals surface area contributed by atoms with Gasteiger partial charge in [-0.3, -0.25) is 0 Å². The van der Waals surface area contributed by atoms with Crippen LogP contribution in [0.1, 0.15) is 25.7 Å². The van der Waals surface area contributed by atoms with E-state index in [1.54, 1.807) is 0 Å².